The van der Waals surface area contributed by atoms with E-state index in [2.05, 4.69) is 17.1 Å². The molecule has 2 aromatic rings. The van der Waals surface area contributed by atoms with Gasteiger partial charge in [0, 0.05) is 19.0 Å². The maximum absolute atomic E-state index is 12.7. The average Bonchev–Trinajstić information content (AvgIpc) is 3.32. The van der Waals surface area contributed by atoms with Gasteiger partial charge in [-0.15, -0.1) is 0 Å². The minimum atomic E-state index is -3.38. The molecule has 0 radical (unpaired) electrons. The highest BCUT2D eigenvalue weighted by Crippen LogP contribution is 2.36. The number of rotatable bonds is 5. The summed E-state index contributed by atoms with van der Waals surface area (Å²) in [6.07, 6.45) is 7.00. The first-order chi connectivity index (χ1) is 13.0. The zero-order valence-electron chi connectivity index (χ0n) is 15.8. The lowest BCUT2D eigenvalue weighted by molar-refractivity contribution is 0.346. The van der Waals surface area contributed by atoms with Crippen LogP contribution in [0.25, 0.3) is 0 Å². The van der Waals surface area contributed by atoms with E-state index < -0.39 is 10.0 Å². The molecule has 0 bridgehead atoms. The van der Waals surface area contributed by atoms with Crippen molar-refractivity contribution in [2.24, 2.45) is 5.92 Å². The van der Waals surface area contributed by atoms with Crippen molar-refractivity contribution in [3.63, 3.8) is 0 Å². The van der Waals surface area contributed by atoms with E-state index >= 15 is 0 Å². The van der Waals surface area contributed by atoms with Crippen LogP contribution in [0.1, 0.15) is 68.6 Å². The van der Waals surface area contributed by atoms with Crippen LogP contribution in [0, 0.1) is 5.92 Å². The third-order valence-electron chi connectivity index (χ3n) is 5.78. The quantitative estimate of drug-likeness (QED) is 0.779. The maximum atomic E-state index is 12.7. The van der Waals surface area contributed by atoms with Gasteiger partial charge in [0.15, 0.2) is 5.82 Å². The van der Waals surface area contributed by atoms with Crippen LogP contribution in [0.15, 0.2) is 33.7 Å². The van der Waals surface area contributed by atoms with Gasteiger partial charge in [0.2, 0.25) is 15.9 Å². The van der Waals surface area contributed by atoms with Crippen molar-refractivity contribution in [1.82, 2.24) is 14.4 Å². The molecule has 1 aliphatic heterocycles. The predicted octanol–water partition coefficient (Wildman–Crippen LogP) is 3.74. The number of sulfonamides is 1. The first kappa shape index (κ1) is 18.6. The third kappa shape index (κ3) is 4.09. The third-order valence-corrected chi connectivity index (χ3v) is 7.69. The Kier molecular flexibility index (Phi) is 5.32. The van der Waals surface area contributed by atoms with E-state index in [0.717, 1.165) is 49.4 Å². The molecule has 27 heavy (non-hydrogen) atoms. The Bertz CT molecular complexity index is 870. The summed E-state index contributed by atoms with van der Waals surface area (Å²) in [5.74, 6) is 2.55. The van der Waals surface area contributed by atoms with Crippen LogP contribution in [-0.2, 0) is 16.4 Å². The lowest BCUT2D eigenvalue weighted by Crippen LogP contribution is -2.35. The highest BCUT2D eigenvalue weighted by Gasteiger charge is 2.27. The van der Waals surface area contributed by atoms with Crippen molar-refractivity contribution in [1.29, 1.82) is 0 Å². The molecule has 1 aliphatic carbocycles. The Balaban J connectivity index is 1.43. The lowest BCUT2D eigenvalue weighted by Gasteiger charge is -2.25. The van der Waals surface area contributed by atoms with Crippen LogP contribution in [0.4, 0.5) is 0 Å². The summed E-state index contributed by atoms with van der Waals surface area (Å²) in [4.78, 5) is 4.92. The molecule has 1 aromatic carbocycles. The molecule has 2 fully saturated rings. The average molecular weight is 390 g/mol. The molecule has 1 saturated heterocycles. The van der Waals surface area contributed by atoms with Gasteiger partial charge >= 0.3 is 0 Å². The van der Waals surface area contributed by atoms with Gasteiger partial charge in [0.1, 0.15) is 0 Å². The van der Waals surface area contributed by atoms with Gasteiger partial charge in [-0.1, -0.05) is 30.6 Å². The summed E-state index contributed by atoms with van der Waals surface area (Å²) >= 11 is 0. The summed E-state index contributed by atoms with van der Waals surface area (Å²) in [7, 11) is -3.38. The number of piperidine rings is 1. The highest BCUT2D eigenvalue weighted by atomic mass is 32.2. The van der Waals surface area contributed by atoms with E-state index in [4.69, 9.17) is 4.52 Å². The van der Waals surface area contributed by atoms with Crippen LogP contribution < -0.4 is 0 Å². The fourth-order valence-electron chi connectivity index (χ4n) is 4.16. The fraction of sp³-hybridized carbons (Fsp3) is 0.600. The Morgan fingerprint density at radius 1 is 1.11 bits per heavy atom. The molecule has 0 spiro atoms. The van der Waals surface area contributed by atoms with Crippen molar-refractivity contribution in [2.75, 3.05) is 13.1 Å². The number of aromatic nitrogens is 2. The summed E-state index contributed by atoms with van der Waals surface area (Å²) in [5, 5.41) is 4.16. The SMILES string of the molecule is CC1CCC(c2noc(Cc3ccc(S(=O)(=O)N4CCCCC4)cc3)n2)C1. The second-order valence-electron chi connectivity index (χ2n) is 7.95. The van der Waals surface area contributed by atoms with Gasteiger partial charge in [0.05, 0.1) is 11.3 Å². The molecule has 2 unspecified atom stereocenters. The van der Waals surface area contributed by atoms with Gasteiger partial charge in [0.25, 0.3) is 0 Å². The topological polar surface area (TPSA) is 76.3 Å². The second kappa shape index (κ2) is 7.72. The number of nitrogens with zero attached hydrogens (tertiary/aromatic N) is 3. The number of benzene rings is 1. The van der Waals surface area contributed by atoms with E-state index in [9.17, 15) is 8.42 Å². The molecule has 0 amide bonds. The maximum Gasteiger partial charge on any atom is 0.243 e. The molecule has 1 aromatic heterocycles. The standard InChI is InChI=1S/C20H27N3O3S/c1-15-5-8-17(13-15)20-21-19(26-22-20)14-16-6-9-18(10-7-16)27(24,25)23-11-3-2-4-12-23/h6-7,9-10,15,17H,2-5,8,11-14H2,1H3. The predicted molar refractivity (Wildman–Crippen MR) is 102 cm³/mol. The van der Waals surface area contributed by atoms with Crippen LogP contribution in [-0.4, -0.2) is 36.0 Å². The number of hydrogen-bond acceptors (Lipinski definition) is 5. The Morgan fingerprint density at radius 3 is 2.52 bits per heavy atom. The molecular weight excluding hydrogens is 362 g/mol. The molecule has 0 N–H and O–H groups in total. The van der Waals surface area contributed by atoms with Crippen molar-refractivity contribution >= 4 is 10.0 Å². The van der Waals surface area contributed by atoms with E-state index in [1.807, 2.05) is 12.1 Å². The second-order valence-corrected chi connectivity index (χ2v) is 9.88. The van der Waals surface area contributed by atoms with Crippen LogP contribution in [0.5, 0.6) is 0 Å². The van der Waals surface area contributed by atoms with Gasteiger partial charge in [-0.05, 0) is 55.7 Å². The van der Waals surface area contributed by atoms with Crippen LogP contribution >= 0.6 is 0 Å². The molecular formula is C20H27N3O3S. The van der Waals surface area contributed by atoms with Crippen molar-refractivity contribution in [3.8, 4) is 0 Å². The first-order valence-electron chi connectivity index (χ1n) is 9.94. The zero-order chi connectivity index (χ0) is 18.9. The van der Waals surface area contributed by atoms with E-state index in [1.54, 1.807) is 16.4 Å². The Morgan fingerprint density at radius 2 is 1.85 bits per heavy atom. The molecule has 7 heteroatoms. The van der Waals surface area contributed by atoms with Crippen molar-refractivity contribution < 1.29 is 12.9 Å². The van der Waals surface area contributed by atoms with Gasteiger partial charge < -0.3 is 4.52 Å². The van der Waals surface area contributed by atoms with Crippen molar-refractivity contribution in [3.05, 3.63) is 41.5 Å². The summed E-state index contributed by atoms with van der Waals surface area (Å²) in [6, 6.07) is 7.07. The van der Waals surface area contributed by atoms with E-state index in [1.165, 1.54) is 6.42 Å². The summed E-state index contributed by atoms with van der Waals surface area (Å²) in [5.41, 5.74) is 0.975. The smallest absolute Gasteiger partial charge is 0.243 e. The van der Waals surface area contributed by atoms with Gasteiger partial charge in [-0.3, -0.25) is 0 Å². The molecule has 146 valence electrons. The largest absolute Gasteiger partial charge is 0.339 e. The Hall–Kier alpha value is -1.73. The normalized spacial score (nSPS) is 24.3. The van der Waals surface area contributed by atoms with Gasteiger partial charge in [-0.25, -0.2) is 8.42 Å². The highest BCUT2D eigenvalue weighted by molar-refractivity contribution is 7.89. The minimum Gasteiger partial charge on any atom is -0.339 e. The zero-order valence-corrected chi connectivity index (χ0v) is 16.6. The summed E-state index contributed by atoms with van der Waals surface area (Å²) in [6.45, 7) is 3.50. The monoisotopic (exact) mass is 389 g/mol. The minimum absolute atomic E-state index is 0.360. The molecule has 1 saturated carbocycles. The van der Waals surface area contributed by atoms with E-state index in [0.29, 0.717) is 36.2 Å². The van der Waals surface area contributed by atoms with Crippen molar-refractivity contribution in [2.45, 2.75) is 62.7 Å². The van der Waals surface area contributed by atoms with Crippen LogP contribution in [0.2, 0.25) is 0 Å². The van der Waals surface area contributed by atoms with Gasteiger partial charge in [-0.2, -0.15) is 9.29 Å². The molecule has 6 nitrogen and oxygen atoms in total. The van der Waals surface area contributed by atoms with Crippen LogP contribution in [0.3, 0.4) is 0 Å². The molecule has 2 heterocycles. The fourth-order valence-corrected chi connectivity index (χ4v) is 5.67. The molecule has 2 atom stereocenters. The number of hydrogen-bond donors (Lipinski definition) is 0. The molecule has 4 rings (SSSR count). The Labute approximate surface area is 161 Å². The first-order valence-corrected chi connectivity index (χ1v) is 11.4. The lowest BCUT2D eigenvalue weighted by atomic mass is 10.1. The molecule has 2 aliphatic rings. The summed E-state index contributed by atoms with van der Waals surface area (Å²) < 4.78 is 32.5. The van der Waals surface area contributed by atoms with E-state index in [-0.39, 0.29) is 0 Å².